The van der Waals surface area contributed by atoms with E-state index in [0.717, 1.165) is 24.3 Å². The zero-order valence-corrected chi connectivity index (χ0v) is 12.9. The molecule has 0 aliphatic heterocycles. The van der Waals surface area contributed by atoms with Crippen LogP contribution in [0, 0.1) is 11.3 Å². The number of carbonyl (C=O) groups is 1. The first-order valence-corrected chi connectivity index (χ1v) is 8.01. The second-order valence-electron chi connectivity index (χ2n) is 5.46. The number of hydrogen-bond acceptors (Lipinski definition) is 4. The first-order valence-electron chi connectivity index (χ1n) is 7.19. The van der Waals surface area contributed by atoms with Crippen LogP contribution in [0.25, 0.3) is 0 Å². The van der Waals surface area contributed by atoms with Crippen LogP contribution in [0.4, 0.5) is 5.00 Å². The number of anilines is 1. The molecule has 1 aromatic heterocycles. The molecule has 1 aliphatic carbocycles. The largest absolute Gasteiger partial charge is 0.315 e. The van der Waals surface area contributed by atoms with Gasteiger partial charge >= 0.3 is 0 Å². The Morgan fingerprint density at radius 3 is 2.80 bits per heavy atom. The van der Waals surface area contributed by atoms with Gasteiger partial charge in [-0.1, -0.05) is 20.3 Å². The molecule has 0 aromatic carbocycles. The molecule has 0 unspecified atom stereocenters. The first-order chi connectivity index (χ1) is 9.61. The highest BCUT2D eigenvalue weighted by Gasteiger charge is 2.20. The molecule has 2 N–H and O–H groups in total. The van der Waals surface area contributed by atoms with E-state index in [1.807, 2.05) is 13.8 Å². The summed E-state index contributed by atoms with van der Waals surface area (Å²) >= 11 is 1.58. The van der Waals surface area contributed by atoms with Crippen LogP contribution in [0.1, 0.15) is 49.1 Å². The van der Waals surface area contributed by atoms with E-state index in [1.54, 1.807) is 11.3 Å². The minimum Gasteiger partial charge on any atom is -0.315 e. The lowest BCUT2D eigenvalue weighted by atomic mass is 10.1. The van der Waals surface area contributed by atoms with Crippen LogP contribution >= 0.6 is 11.3 Å². The second kappa shape index (κ2) is 6.87. The zero-order valence-electron chi connectivity index (χ0n) is 12.1. The smallest absolute Gasteiger partial charge is 0.238 e. The van der Waals surface area contributed by atoms with Crippen LogP contribution in [0.5, 0.6) is 0 Å². The number of nitriles is 1. The fourth-order valence-electron chi connectivity index (χ4n) is 2.42. The summed E-state index contributed by atoms with van der Waals surface area (Å²) in [7, 11) is 0. The Bertz CT molecular complexity index is 528. The Kier molecular flexibility index (Phi) is 5.16. The number of nitrogens with one attached hydrogen (secondary N) is 2. The standard InChI is InChI=1S/C15H21N3OS/c1-10(2)17-9-14(19)18-15-12(8-16)11-6-4-3-5-7-13(11)20-15/h10,17H,3-7,9H2,1-2H3,(H,18,19). The third-order valence-electron chi connectivity index (χ3n) is 3.46. The summed E-state index contributed by atoms with van der Waals surface area (Å²) in [6.07, 6.45) is 5.55. The van der Waals surface area contributed by atoms with Crippen molar-refractivity contribution in [2.45, 2.75) is 52.0 Å². The lowest BCUT2D eigenvalue weighted by Crippen LogP contribution is -2.32. The highest BCUT2D eigenvalue weighted by molar-refractivity contribution is 7.16. The van der Waals surface area contributed by atoms with E-state index in [-0.39, 0.29) is 18.5 Å². The Morgan fingerprint density at radius 1 is 1.35 bits per heavy atom. The van der Waals surface area contributed by atoms with Gasteiger partial charge in [0.25, 0.3) is 0 Å². The Balaban J connectivity index is 2.12. The predicted molar refractivity (Wildman–Crippen MR) is 82.1 cm³/mol. The highest BCUT2D eigenvalue weighted by atomic mass is 32.1. The maximum Gasteiger partial charge on any atom is 0.238 e. The number of hydrogen-bond donors (Lipinski definition) is 2. The van der Waals surface area contributed by atoms with E-state index >= 15 is 0 Å². The van der Waals surface area contributed by atoms with Crippen LogP contribution in [-0.4, -0.2) is 18.5 Å². The van der Waals surface area contributed by atoms with E-state index in [4.69, 9.17) is 0 Å². The van der Waals surface area contributed by atoms with E-state index in [0.29, 0.717) is 5.56 Å². The van der Waals surface area contributed by atoms with Crippen molar-refractivity contribution >= 4 is 22.2 Å². The summed E-state index contributed by atoms with van der Waals surface area (Å²) in [4.78, 5) is 13.2. The van der Waals surface area contributed by atoms with Crippen molar-refractivity contribution in [1.29, 1.82) is 5.26 Å². The molecule has 0 spiro atoms. The molecular formula is C15H21N3OS. The maximum atomic E-state index is 11.9. The molecule has 0 fully saturated rings. The molecule has 1 aliphatic rings. The van der Waals surface area contributed by atoms with Crippen molar-refractivity contribution in [2.75, 3.05) is 11.9 Å². The molecule has 108 valence electrons. The second-order valence-corrected chi connectivity index (χ2v) is 6.57. The van der Waals surface area contributed by atoms with Gasteiger partial charge in [-0.2, -0.15) is 5.26 Å². The number of amides is 1. The van der Waals surface area contributed by atoms with Crippen molar-refractivity contribution in [2.24, 2.45) is 0 Å². The maximum absolute atomic E-state index is 11.9. The molecule has 0 saturated carbocycles. The van der Waals surface area contributed by atoms with Gasteiger partial charge < -0.3 is 10.6 Å². The van der Waals surface area contributed by atoms with Gasteiger partial charge in [-0.3, -0.25) is 4.79 Å². The summed E-state index contributed by atoms with van der Waals surface area (Å²) in [6, 6.07) is 2.55. The summed E-state index contributed by atoms with van der Waals surface area (Å²) < 4.78 is 0. The lowest BCUT2D eigenvalue weighted by molar-refractivity contribution is -0.115. The monoisotopic (exact) mass is 291 g/mol. The zero-order chi connectivity index (χ0) is 14.5. The molecule has 0 saturated heterocycles. The Labute approximate surface area is 124 Å². The van der Waals surface area contributed by atoms with Crippen LogP contribution < -0.4 is 10.6 Å². The van der Waals surface area contributed by atoms with E-state index in [9.17, 15) is 10.1 Å². The van der Waals surface area contributed by atoms with Crippen LogP contribution in [0.3, 0.4) is 0 Å². The van der Waals surface area contributed by atoms with Crippen LogP contribution in [0.2, 0.25) is 0 Å². The third-order valence-corrected chi connectivity index (χ3v) is 4.66. The van der Waals surface area contributed by atoms with Crippen molar-refractivity contribution in [3.63, 3.8) is 0 Å². The molecule has 1 aromatic rings. The van der Waals surface area contributed by atoms with E-state index in [1.165, 1.54) is 23.3 Å². The van der Waals surface area contributed by atoms with Crippen molar-refractivity contribution in [3.05, 3.63) is 16.0 Å². The van der Waals surface area contributed by atoms with Crippen molar-refractivity contribution in [3.8, 4) is 6.07 Å². The summed E-state index contributed by atoms with van der Waals surface area (Å²) in [5.41, 5.74) is 1.85. The van der Waals surface area contributed by atoms with Gasteiger partial charge in [0, 0.05) is 10.9 Å². The van der Waals surface area contributed by atoms with Gasteiger partial charge in [0.1, 0.15) is 11.1 Å². The number of nitrogens with zero attached hydrogens (tertiary/aromatic N) is 1. The molecule has 1 heterocycles. The Morgan fingerprint density at radius 2 is 2.10 bits per heavy atom. The number of fused-ring (bicyclic) bond motifs is 1. The van der Waals surface area contributed by atoms with E-state index in [2.05, 4.69) is 16.7 Å². The number of aryl methyl sites for hydroxylation is 1. The quantitative estimate of drug-likeness (QED) is 0.838. The summed E-state index contributed by atoms with van der Waals surface area (Å²) in [5.74, 6) is -0.0772. The molecular weight excluding hydrogens is 270 g/mol. The molecule has 1 amide bonds. The Hall–Kier alpha value is -1.38. The molecule has 2 rings (SSSR count). The summed E-state index contributed by atoms with van der Waals surface area (Å²) in [6.45, 7) is 4.29. The first kappa shape index (κ1) is 15.0. The SMILES string of the molecule is CC(C)NCC(=O)Nc1sc2c(c1C#N)CCCCC2. The predicted octanol–water partition coefficient (Wildman–Crippen LogP) is 2.83. The minimum atomic E-state index is -0.0772. The van der Waals surface area contributed by atoms with Gasteiger partial charge in [0.2, 0.25) is 5.91 Å². The minimum absolute atomic E-state index is 0.0772. The molecule has 0 atom stereocenters. The number of rotatable bonds is 4. The molecule has 0 bridgehead atoms. The average molecular weight is 291 g/mol. The fraction of sp³-hybridized carbons (Fsp3) is 0.600. The molecule has 4 nitrogen and oxygen atoms in total. The van der Waals surface area contributed by atoms with Gasteiger partial charge in [-0.25, -0.2) is 0 Å². The third kappa shape index (κ3) is 3.59. The van der Waals surface area contributed by atoms with Crippen LogP contribution in [-0.2, 0) is 17.6 Å². The number of thiophene rings is 1. The van der Waals surface area contributed by atoms with Gasteiger partial charge in [-0.15, -0.1) is 11.3 Å². The van der Waals surface area contributed by atoms with Gasteiger partial charge in [0.15, 0.2) is 0 Å². The molecule has 20 heavy (non-hydrogen) atoms. The normalized spacial score (nSPS) is 14.5. The fourth-order valence-corrected chi connectivity index (χ4v) is 3.67. The van der Waals surface area contributed by atoms with Crippen LogP contribution in [0.15, 0.2) is 0 Å². The summed E-state index contributed by atoms with van der Waals surface area (Å²) in [5, 5.41) is 16.1. The topological polar surface area (TPSA) is 64.9 Å². The highest BCUT2D eigenvalue weighted by Crippen LogP contribution is 2.36. The van der Waals surface area contributed by atoms with E-state index < -0.39 is 0 Å². The van der Waals surface area contributed by atoms with Gasteiger partial charge in [-0.05, 0) is 31.2 Å². The van der Waals surface area contributed by atoms with Crippen molar-refractivity contribution < 1.29 is 4.79 Å². The molecule has 0 radical (unpaired) electrons. The average Bonchev–Trinajstić information content (AvgIpc) is 2.58. The van der Waals surface area contributed by atoms with Crippen molar-refractivity contribution in [1.82, 2.24) is 5.32 Å². The molecule has 5 heteroatoms. The lowest BCUT2D eigenvalue weighted by Gasteiger charge is -2.08. The van der Waals surface area contributed by atoms with Gasteiger partial charge in [0.05, 0.1) is 12.1 Å². The number of carbonyl (C=O) groups excluding carboxylic acids is 1.